The van der Waals surface area contributed by atoms with E-state index in [2.05, 4.69) is 27.5 Å². The number of hydrogen-bond donors (Lipinski definition) is 0. The summed E-state index contributed by atoms with van der Waals surface area (Å²) in [7, 11) is 0. The molecule has 26 heavy (non-hydrogen) atoms. The highest BCUT2D eigenvalue weighted by atomic mass is 79.9. The Hall–Kier alpha value is -2.53. The molecule has 5 heteroatoms. The molecule has 0 spiro atoms. The molecule has 0 saturated carbocycles. The molecule has 0 N–H and O–H groups in total. The van der Waals surface area contributed by atoms with Gasteiger partial charge in [0.25, 0.3) is 0 Å². The second kappa shape index (κ2) is 8.23. The quantitative estimate of drug-likeness (QED) is 0.539. The Bertz CT molecular complexity index is 952. The molecule has 0 bridgehead atoms. The molecule has 0 atom stereocenters. The maximum Gasteiger partial charge on any atom is 0.227 e. The minimum atomic E-state index is -0.332. The number of aromatic nitrogens is 1. The Morgan fingerprint density at radius 3 is 2.81 bits per heavy atom. The first-order chi connectivity index (χ1) is 12.6. The molecule has 3 nitrogen and oxygen atoms in total. The van der Waals surface area contributed by atoms with Gasteiger partial charge in [-0.3, -0.25) is 9.78 Å². The molecule has 3 rings (SSSR count). The van der Waals surface area contributed by atoms with Gasteiger partial charge in [0.2, 0.25) is 5.91 Å². The third kappa shape index (κ3) is 4.17. The van der Waals surface area contributed by atoms with Gasteiger partial charge in [-0.25, -0.2) is 4.39 Å². The SMILES string of the molecule is C=CCN(Cc1cc(Br)ccc1F)C(=O)Cc1cccc2cccnc12. The molecule has 1 amide bonds. The summed E-state index contributed by atoms with van der Waals surface area (Å²) in [5.41, 5.74) is 2.14. The predicted molar refractivity (Wildman–Crippen MR) is 105 cm³/mol. The smallest absolute Gasteiger partial charge is 0.227 e. The first-order valence-electron chi connectivity index (χ1n) is 8.23. The number of fused-ring (bicyclic) bond motifs is 1. The van der Waals surface area contributed by atoms with Crippen molar-refractivity contribution in [3.05, 3.63) is 88.8 Å². The van der Waals surface area contributed by atoms with Crippen LogP contribution >= 0.6 is 15.9 Å². The average molecular weight is 413 g/mol. The molecule has 1 heterocycles. The van der Waals surface area contributed by atoms with Crippen LogP contribution in [0.3, 0.4) is 0 Å². The summed E-state index contributed by atoms with van der Waals surface area (Å²) in [6, 6.07) is 14.3. The van der Waals surface area contributed by atoms with Gasteiger partial charge in [-0.15, -0.1) is 6.58 Å². The molecule has 0 aliphatic heterocycles. The van der Waals surface area contributed by atoms with E-state index in [9.17, 15) is 9.18 Å². The van der Waals surface area contributed by atoms with Gasteiger partial charge < -0.3 is 4.90 Å². The fourth-order valence-electron chi connectivity index (χ4n) is 2.87. The Morgan fingerprint density at radius 1 is 1.19 bits per heavy atom. The zero-order chi connectivity index (χ0) is 18.5. The van der Waals surface area contributed by atoms with Crippen molar-refractivity contribution in [3.8, 4) is 0 Å². The summed E-state index contributed by atoms with van der Waals surface area (Å²) in [6.07, 6.45) is 3.57. The van der Waals surface area contributed by atoms with Crippen LogP contribution in [0.25, 0.3) is 10.9 Å². The van der Waals surface area contributed by atoms with Crippen LogP contribution in [0.15, 0.2) is 71.9 Å². The van der Waals surface area contributed by atoms with E-state index in [0.717, 1.165) is 20.9 Å². The minimum absolute atomic E-state index is 0.0950. The van der Waals surface area contributed by atoms with Crippen molar-refractivity contribution >= 4 is 32.7 Å². The van der Waals surface area contributed by atoms with Crippen LogP contribution in [0.2, 0.25) is 0 Å². The van der Waals surface area contributed by atoms with E-state index in [0.29, 0.717) is 12.1 Å². The van der Waals surface area contributed by atoms with Crippen molar-refractivity contribution in [1.29, 1.82) is 0 Å². The van der Waals surface area contributed by atoms with Gasteiger partial charge in [0.1, 0.15) is 5.82 Å². The van der Waals surface area contributed by atoms with Crippen LogP contribution in [-0.4, -0.2) is 22.3 Å². The molecule has 0 fully saturated rings. The first-order valence-corrected chi connectivity index (χ1v) is 9.03. The minimum Gasteiger partial charge on any atom is -0.334 e. The number of rotatable bonds is 6. The van der Waals surface area contributed by atoms with E-state index < -0.39 is 0 Å². The second-order valence-electron chi connectivity index (χ2n) is 5.97. The second-order valence-corrected chi connectivity index (χ2v) is 6.88. The van der Waals surface area contributed by atoms with Crippen LogP contribution in [-0.2, 0) is 17.8 Å². The molecule has 0 saturated heterocycles. The van der Waals surface area contributed by atoms with Gasteiger partial charge in [-0.2, -0.15) is 0 Å². The van der Waals surface area contributed by atoms with Crippen LogP contribution in [0.1, 0.15) is 11.1 Å². The normalized spacial score (nSPS) is 10.7. The van der Waals surface area contributed by atoms with Crippen molar-refractivity contribution in [2.75, 3.05) is 6.54 Å². The van der Waals surface area contributed by atoms with Gasteiger partial charge in [0.05, 0.1) is 11.9 Å². The number of carbonyl (C=O) groups excluding carboxylic acids is 1. The van der Waals surface area contributed by atoms with Crippen LogP contribution in [0.5, 0.6) is 0 Å². The van der Waals surface area contributed by atoms with E-state index in [4.69, 9.17) is 0 Å². The lowest BCUT2D eigenvalue weighted by Gasteiger charge is -2.22. The largest absolute Gasteiger partial charge is 0.334 e. The summed E-state index contributed by atoms with van der Waals surface area (Å²) in [5, 5.41) is 0.992. The molecular weight excluding hydrogens is 395 g/mol. The lowest BCUT2D eigenvalue weighted by Crippen LogP contribution is -2.32. The molecule has 2 aromatic carbocycles. The zero-order valence-corrected chi connectivity index (χ0v) is 15.7. The molecule has 132 valence electrons. The average Bonchev–Trinajstić information content (AvgIpc) is 2.64. The molecule has 0 radical (unpaired) electrons. The van der Waals surface area contributed by atoms with Gasteiger partial charge in [0.15, 0.2) is 0 Å². The molecule has 0 unspecified atom stereocenters. The van der Waals surface area contributed by atoms with Crippen LogP contribution < -0.4 is 0 Å². The summed E-state index contributed by atoms with van der Waals surface area (Å²) < 4.78 is 14.9. The lowest BCUT2D eigenvalue weighted by atomic mass is 10.1. The topological polar surface area (TPSA) is 33.2 Å². The van der Waals surface area contributed by atoms with Gasteiger partial charge >= 0.3 is 0 Å². The molecule has 0 aliphatic rings. The monoisotopic (exact) mass is 412 g/mol. The third-order valence-electron chi connectivity index (χ3n) is 4.13. The van der Waals surface area contributed by atoms with Crippen molar-refractivity contribution in [3.63, 3.8) is 0 Å². The number of halogens is 2. The van der Waals surface area contributed by atoms with Gasteiger partial charge in [0, 0.05) is 34.7 Å². The highest BCUT2D eigenvalue weighted by Crippen LogP contribution is 2.20. The summed E-state index contributed by atoms with van der Waals surface area (Å²) in [6.45, 7) is 4.25. The predicted octanol–water partition coefficient (Wildman–Crippen LogP) is 4.89. The fraction of sp³-hybridized carbons (Fsp3) is 0.143. The van der Waals surface area contributed by atoms with E-state index in [1.54, 1.807) is 29.3 Å². The van der Waals surface area contributed by atoms with E-state index in [-0.39, 0.29) is 24.7 Å². The van der Waals surface area contributed by atoms with Crippen molar-refractivity contribution < 1.29 is 9.18 Å². The van der Waals surface area contributed by atoms with Crippen LogP contribution in [0, 0.1) is 5.82 Å². The van der Waals surface area contributed by atoms with Gasteiger partial charge in [-0.1, -0.05) is 46.3 Å². The Kier molecular flexibility index (Phi) is 5.78. The van der Waals surface area contributed by atoms with Crippen LogP contribution in [0.4, 0.5) is 4.39 Å². The zero-order valence-electron chi connectivity index (χ0n) is 14.2. The molecule has 3 aromatic rings. The van der Waals surface area contributed by atoms with Crippen molar-refractivity contribution in [1.82, 2.24) is 9.88 Å². The Balaban J connectivity index is 1.84. The summed E-state index contributed by atoms with van der Waals surface area (Å²) >= 11 is 3.34. The Morgan fingerprint density at radius 2 is 2.00 bits per heavy atom. The number of carbonyl (C=O) groups is 1. The lowest BCUT2D eigenvalue weighted by molar-refractivity contribution is -0.130. The number of nitrogens with zero attached hydrogens (tertiary/aromatic N) is 2. The molecular formula is C21H18BrFN2O. The van der Waals surface area contributed by atoms with E-state index >= 15 is 0 Å². The third-order valence-corrected chi connectivity index (χ3v) is 4.62. The number of pyridine rings is 1. The van der Waals surface area contributed by atoms with E-state index in [1.165, 1.54) is 6.07 Å². The van der Waals surface area contributed by atoms with E-state index in [1.807, 2.05) is 30.3 Å². The highest BCUT2D eigenvalue weighted by molar-refractivity contribution is 9.10. The Labute approximate surface area is 160 Å². The number of para-hydroxylation sites is 1. The van der Waals surface area contributed by atoms with Crippen molar-refractivity contribution in [2.24, 2.45) is 0 Å². The standard InChI is InChI=1S/C21H18BrFN2O/c1-2-11-25(14-17-12-18(22)8-9-19(17)23)20(26)13-16-6-3-5-15-7-4-10-24-21(15)16/h2-10,12H,1,11,13-14H2. The van der Waals surface area contributed by atoms with Gasteiger partial charge in [-0.05, 0) is 29.8 Å². The number of hydrogen-bond acceptors (Lipinski definition) is 2. The molecule has 0 aliphatic carbocycles. The maximum atomic E-state index is 14.1. The number of benzene rings is 2. The highest BCUT2D eigenvalue weighted by Gasteiger charge is 2.17. The first kappa shape index (κ1) is 18.3. The van der Waals surface area contributed by atoms with Crippen molar-refractivity contribution in [2.45, 2.75) is 13.0 Å². The fourth-order valence-corrected chi connectivity index (χ4v) is 3.27. The summed E-state index contributed by atoms with van der Waals surface area (Å²) in [5.74, 6) is -0.427. The summed E-state index contributed by atoms with van der Waals surface area (Å²) in [4.78, 5) is 18.9. The number of amides is 1. The maximum absolute atomic E-state index is 14.1. The molecule has 1 aromatic heterocycles.